The molecular formula is C10H9ClN2O. The van der Waals surface area contributed by atoms with Crippen molar-refractivity contribution in [1.29, 1.82) is 0 Å². The molecule has 0 spiro atoms. The first kappa shape index (κ1) is 9.09. The van der Waals surface area contributed by atoms with Crippen molar-refractivity contribution in [2.45, 2.75) is 0 Å². The van der Waals surface area contributed by atoms with Crippen LogP contribution in [0, 0.1) is 0 Å². The molecule has 0 aliphatic rings. The van der Waals surface area contributed by atoms with Crippen LogP contribution in [-0.2, 0) is 0 Å². The minimum Gasteiger partial charge on any atom is -0.432 e. The van der Waals surface area contributed by atoms with Crippen molar-refractivity contribution in [1.82, 2.24) is 4.98 Å². The zero-order chi connectivity index (χ0) is 9.97. The lowest BCUT2D eigenvalue weighted by molar-refractivity contribution is 0.576. The predicted molar refractivity (Wildman–Crippen MR) is 56.5 cm³/mol. The summed E-state index contributed by atoms with van der Waals surface area (Å²) in [7, 11) is 1.76. The van der Waals surface area contributed by atoms with Gasteiger partial charge in [0.05, 0.1) is 0 Å². The van der Waals surface area contributed by atoms with Crippen LogP contribution in [0.4, 0.5) is 6.01 Å². The molecule has 14 heavy (non-hydrogen) atoms. The van der Waals surface area contributed by atoms with E-state index in [4.69, 9.17) is 16.0 Å². The molecule has 1 aromatic carbocycles. The summed E-state index contributed by atoms with van der Waals surface area (Å²) in [6.07, 6.45) is 1.59. The molecule has 0 fully saturated rings. The molecule has 1 heterocycles. The van der Waals surface area contributed by atoms with Gasteiger partial charge in [0.2, 0.25) is 0 Å². The Morgan fingerprint density at radius 3 is 2.93 bits per heavy atom. The number of nitrogens with one attached hydrogen (secondary N) is 1. The molecule has 2 aromatic rings. The monoisotopic (exact) mass is 208 g/mol. The van der Waals surface area contributed by atoms with Crippen LogP contribution in [0.25, 0.3) is 11.3 Å². The summed E-state index contributed by atoms with van der Waals surface area (Å²) in [6, 6.07) is 7.98. The molecule has 72 valence electrons. The number of aromatic nitrogens is 1. The van der Waals surface area contributed by atoms with Crippen molar-refractivity contribution in [2.24, 2.45) is 0 Å². The summed E-state index contributed by atoms with van der Waals surface area (Å²) in [5.74, 6) is 0. The highest BCUT2D eigenvalue weighted by atomic mass is 35.5. The van der Waals surface area contributed by atoms with Crippen LogP contribution in [0.1, 0.15) is 0 Å². The number of rotatable bonds is 2. The number of oxazole rings is 1. The van der Waals surface area contributed by atoms with Crippen LogP contribution in [0.2, 0.25) is 5.02 Å². The van der Waals surface area contributed by atoms with Gasteiger partial charge < -0.3 is 9.73 Å². The number of hydrogen-bond acceptors (Lipinski definition) is 3. The SMILES string of the molecule is CNc1nc(-c2cccc(Cl)c2)co1. The van der Waals surface area contributed by atoms with Crippen LogP contribution >= 0.6 is 11.6 Å². The summed E-state index contributed by atoms with van der Waals surface area (Å²) in [4.78, 5) is 4.20. The van der Waals surface area contributed by atoms with Gasteiger partial charge >= 0.3 is 0 Å². The summed E-state index contributed by atoms with van der Waals surface area (Å²) in [5.41, 5.74) is 1.72. The summed E-state index contributed by atoms with van der Waals surface area (Å²) >= 11 is 5.86. The van der Waals surface area contributed by atoms with Crippen molar-refractivity contribution >= 4 is 17.6 Å². The Balaban J connectivity index is 2.39. The van der Waals surface area contributed by atoms with E-state index in [0.29, 0.717) is 11.0 Å². The topological polar surface area (TPSA) is 38.1 Å². The fraction of sp³-hybridized carbons (Fsp3) is 0.100. The van der Waals surface area contributed by atoms with Crippen LogP contribution < -0.4 is 5.32 Å². The molecule has 3 nitrogen and oxygen atoms in total. The maximum atomic E-state index is 5.86. The molecule has 1 N–H and O–H groups in total. The molecule has 0 atom stereocenters. The average molecular weight is 209 g/mol. The molecule has 2 rings (SSSR count). The second-order valence-corrected chi connectivity index (χ2v) is 3.23. The maximum Gasteiger partial charge on any atom is 0.294 e. The highest BCUT2D eigenvalue weighted by molar-refractivity contribution is 6.30. The number of nitrogens with zero attached hydrogens (tertiary/aromatic N) is 1. The second-order valence-electron chi connectivity index (χ2n) is 2.80. The first-order chi connectivity index (χ1) is 6.79. The average Bonchev–Trinajstić information content (AvgIpc) is 2.66. The van der Waals surface area contributed by atoms with E-state index in [1.54, 1.807) is 13.3 Å². The van der Waals surface area contributed by atoms with Gasteiger partial charge in [0.1, 0.15) is 12.0 Å². The van der Waals surface area contributed by atoms with Gasteiger partial charge in [-0.2, -0.15) is 4.98 Å². The van der Waals surface area contributed by atoms with Crippen molar-refractivity contribution < 1.29 is 4.42 Å². The van der Waals surface area contributed by atoms with Gasteiger partial charge in [0.15, 0.2) is 0 Å². The van der Waals surface area contributed by atoms with E-state index >= 15 is 0 Å². The van der Waals surface area contributed by atoms with Crippen LogP contribution in [0.3, 0.4) is 0 Å². The minimum absolute atomic E-state index is 0.500. The molecule has 0 radical (unpaired) electrons. The predicted octanol–water partition coefficient (Wildman–Crippen LogP) is 3.04. The summed E-state index contributed by atoms with van der Waals surface area (Å²) in [6.45, 7) is 0. The molecule has 0 amide bonds. The zero-order valence-corrected chi connectivity index (χ0v) is 8.38. The normalized spacial score (nSPS) is 10.1. The van der Waals surface area contributed by atoms with E-state index in [1.165, 1.54) is 0 Å². The van der Waals surface area contributed by atoms with Gasteiger partial charge in [-0.05, 0) is 12.1 Å². The van der Waals surface area contributed by atoms with E-state index in [2.05, 4.69) is 10.3 Å². The standard InChI is InChI=1S/C10H9ClN2O/c1-12-10-13-9(6-14-10)7-3-2-4-8(11)5-7/h2-6H,1H3,(H,12,13). The number of anilines is 1. The lowest BCUT2D eigenvalue weighted by Gasteiger charge is -1.95. The lowest BCUT2D eigenvalue weighted by Crippen LogP contribution is -1.86. The highest BCUT2D eigenvalue weighted by Gasteiger charge is 2.04. The molecule has 0 unspecified atom stereocenters. The van der Waals surface area contributed by atoms with Gasteiger partial charge in [-0.1, -0.05) is 23.7 Å². The van der Waals surface area contributed by atoms with Gasteiger partial charge in [0.25, 0.3) is 6.01 Å². The fourth-order valence-corrected chi connectivity index (χ4v) is 1.36. The van der Waals surface area contributed by atoms with Crippen molar-refractivity contribution in [3.63, 3.8) is 0 Å². The molecule has 0 saturated carbocycles. The number of benzene rings is 1. The molecule has 1 aromatic heterocycles. The molecule has 0 saturated heterocycles. The first-order valence-electron chi connectivity index (χ1n) is 4.19. The van der Waals surface area contributed by atoms with E-state index in [0.717, 1.165) is 11.3 Å². The Morgan fingerprint density at radius 1 is 1.43 bits per heavy atom. The van der Waals surface area contributed by atoms with Crippen molar-refractivity contribution in [3.05, 3.63) is 35.6 Å². The molecule has 0 bridgehead atoms. The Hall–Kier alpha value is -1.48. The smallest absolute Gasteiger partial charge is 0.294 e. The van der Waals surface area contributed by atoms with E-state index < -0.39 is 0 Å². The third kappa shape index (κ3) is 1.72. The van der Waals surface area contributed by atoms with E-state index in [-0.39, 0.29) is 0 Å². The van der Waals surface area contributed by atoms with Crippen LogP contribution in [-0.4, -0.2) is 12.0 Å². The van der Waals surface area contributed by atoms with Gasteiger partial charge in [0, 0.05) is 17.6 Å². The number of hydrogen-bond donors (Lipinski definition) is 1. The lowest BCUT2D eigenvalue weighted by atomic mass is 10.2. The fourth-order valence-electron chi connectivity index (χ4n) is 1.17. The molecule has 0 aliphatic heterocycles. The van der Waals surface area contributed by atoms with Gasteiger partial charge in [-0.3, -0.25) is 0 Å². The highest BCUT2D eigenvalue weighted by Crippen LogP contribution is 2.23. The summed E-state index contributed by atoms with van der Waals surface area (Å²) < 4.78 is 5.14. The third-order valence-electron chi connectivity index (χ3n) is 1.84. The molecule has 4 heteroatoms. The second kappa shape index (κ2) is 3.72. The van der Waals surface area contributed by atoms with E-state index in [1.807, 2.05) is 24.3 Å². The van der Waals surface area contributed by atoms with Crippen LogP contribution in [0.5, 0.6) is 0 Å². The Morgan fingerprint density at radius 2 is 2.29 bits per heavy atom. The third-order valence-corrected chi connectivity index (χ3v) is 2.07. The maximum absolute atomic E-state index is 5.86. The largest absolute Gasteiger partial charge is 0.432 e. The van der Waals surface area contributed by atoms with Crippen molar-refractivity contribution in [2.75, 3.05) is 12.4 Å². The molecule has 0 aliphatic carbocycles. The Kier molecular flexibility index (Phi) is 2.41. The Bertz CT molecular complexity index is 439. The first-order valence-corrected chi connectivity index (χ1v) is 4.56. The molecular weight excluding hydrogens is 200 g/mol. The van der Waals surface area contributed by atoms with Gasteiger partial charge in [-0.25, -0.2) is 0 Å². The van der Waals surface area contributed by atoms with E-state index in [9.17, 15) is 0 Å². The number of halogens is 1. The van der Waals surface area contributed by atoms with Crippen molar-refractivity contribution in [3.8, 4) is 11.3 Å². The minimum atomic E-state index is 0.500. The Labute approximate surface area is 86.7 Å². The van der Waals surface area contributed by atoms with Gasteiger partial charge in [-0.15, -0.1) is 0 Å². The zero-order valence-electron chi connectivity index (χ0n) is 7.62. The van der Waals surface area contributed by atoms with Crippen LogP contribution in [0.15, 0.2) is 34.9 Å². The quantitative estimate of drug-likeness (QED) is 0.825. The summed E-state index contributed by atoms with van der Waals surface area (Å²) in [5, 5.41) is 3.51.